The van der Waals surface area contributed by atoms with Crippen molar-refractivity contribution in [2.24, 2.45) is 0 Å². The number of pyridine rings is 2. The number of aromatic amines is 1. The number of carbonyl (C=O) groups excluding carboxylic acids is 1. The smallest absolute Gasteiger partial charge is 0.224 e. The van der Waals surface area contributed by atoms with Gasteiger partial charge in [0.15, 0.2) is 5.88 Å². The number of aromatic hydroxyl groups is 1. The summed E-state index contributed by atoms with van der Waals surface area (Å²) in [4.78, 5) is 23.7. The molecule has 0 spiro atoms. The monoisotopic (exact) mass is 478 g/mol. The number of halogens is 2. The lowest BCUT2D eigenvalue weighted by atomic mass is 10.1. The van der Waals surface area contributed by atoms with Crippen LogP contribution in [0.15, 0.2) is 48.8 Å². The van der Waals surface area contributed by atoms with E-state index in [1.165, 1.54) is 18.3 Å². The molecule has 0 radical (unpaired) electrons. The molecule has 0 saturated carbocycles. The number of carbonyl (C=O) groups is 1. The van der Waals surface area contributed by atoms with Crippen LogP contribution >= 0.6 is 0 Å². The molecule has 5 N–H and O–H groups in total. The first kappa shape index (κ1) is 22.7. The lowest BCUT2D eigenvalue weighted by Gasteiger charge is -2.23. The van der Waals surface area contributed by atoms with Crippen molar-refractivity contribution in [3.8, 4) is 17.1 Å². The molecule has 0 unspecified atom stereocenters. The lowest BCUT2D eigenvalue weighted by molar-refractivity contribution is -0.121. The van der Waals surface area contributed by atoms with E-state index in [2.05, 4.69) is 30.9 Å². The molecule has 180 valence electrons. The number of benzene rings is 1. The first-order chi connectivity index (χ1) is 17.0. The quantitative estimate of drug-likeness (QED) is 0.288. The Kier molecular flexibility index (Phi) is 6.28. The zero-order chi connectivity index (χ0) is 24.4. The predicted octanol–water partition coefficient (Wildman–Crippen LogP) is 3.76. The lowest BCUT2D eigenvalue weighted by Crippen LogP contribution is -2.43. The molecule has 0 aliphatic carbocycles. The number of amides is 1. The molecule has 1 amide bonds. The topological polar surface area (TPSA) is 115 Å². The SMILES string of the molecule is O=C(Cc1ccc(Nc2cc(-c3c(F)cccc3F)nc3c[nH]c(O)c23)nc1)NC1CCNCC1. The predicted molar refractivity (Wildman–Crippen MR) is 128 cm³/mol. The maximum Gasteiger partial charge on any atom is 0.224 e. The van der Waals surface area contributed by atoms with Crippen molar-refractivity contribution in [1.82, 2.24) is 25.6 Å². The summed E-state index contributed by atoms with van der Waals surface area (Å²) < 4.78 is 28.8. The van der Waals surface area contributed by atoms with Crippen LogP contribution in [0.25, 0.3) is 22.2 Å². The molecular formula is C25H24F2N6O2. The van der Waals surface area contributed by atoms with E-state index in [0.717, 1.165) is 43.6 Å². The second-order valence-corrected chi connectivity index (χ2v) is 8.49. The number of aromatic nitrogens is 3. The summed E-state index contributed by atoms with van der Waals surface area (Å²) in [7, 11) is 0. The Balaban J connectivity index is 1.37. The van der Waals surface area contributed by atoms with E-state index < -0.39 is 11.6 Å². The summed E-state index contributed by atoms with van der Waals surface area (Å²) in [5, 5.41) is 20.0. The molecule has 35 heavy (non-hydrogen) atoms. The molecule has 5 rings (SSSR count). The molecule has 0 atom stereocenters. The number of fused-ring (bicyclic) bond motifs is 1. The first-order valence-corrected chi connectivity index (χ1v) is 11.4. The number of hydrogen-bond acceptors (Lipinski definition) is 6. The van der Waals surface area contributed by atoms with Gasteiger partial charge in [0.25, 0.3) is 0 Å². The van der Waals surface area contributed by atoms with E-state index in [-0.39, 0.29) is 35.5 Å². The molecular weight excluding hydrogens is 454 g/mol. The highest BCUT2D eigenvalue weighted by Gasteiger charge is 2.19. The Labute approximate surface area is 199 Å². The average molecular weight is 479 g/mol. The molecule has 10 heteroatoms. The molecule has 4 aromatic rings. The van der Waals surface area contributed by atoms with Crippen molar-refractivity contribution >= 4 is 28.3 Å². The van der Waals surface area contributed by atoms with E-state index in [4.69, 9.17) is 0 Å². The number of nitrogens with zero attached hydrogens (tertiary/aromatic N) is 2. The minimum Gasteiger partial charge on any atom is -0.494 e. The van der Waals surface area contributed by atoms with Gasteiger partial charge in [-0.25, -0.2) is 18.7 Å². The fraction of sp³-hybridized carbons (Fsp3) is 0.240. The van der Waals surface area contributed by atoms with Crippen LogP contribution in [-0.2, 0) is 11.2 Å². The van der Waals surface area contributed by atoms with Crippen LogP contribution in [0, 0.1) is 11.6 Å². The fourth-order valence-electron chi connectivity index (χ4n) is 4.27. The highest BCUT2D eigenvalue weighted by atomic mass is 19.1. The summed E-state index contributed by atoms with van der Waals surface area (Å²) in [5.74, 6) is -1.24. The van der Waals surface area contributed by atoms with E-state index in [0.29, 0.717) is 22.4 Å². The van der Waals surface area contributed by atoms with Gasteiger partial charge >= 0.3 is 0 Å². The van der Waals surface area contributed by atoms with Gasteiger partial charge in [-0.3, -0.25) is 4.79 Å². The van der Waals surface area contributed by atoms with Crippen LogP contribution in [0.1, 0.15) is 18.4 Å². The maximum atomic E-state index is 14.4. The van der Waals surface area contributed by atoms with Crippen molar-refractivity contribution in [2.45, 2.75) is 25.3 Å². The first-order valence-electron chi connectivity index (χ1n) is 11.4. The molecule has 0 bridgehead atoms. The van der Waals surface area contributed by atoms with Crippen molar-refractivity contribution in [2.75, 3.05) is 18.4 Å². The van der Waals surface area contributed by atoms with Gasteiger partial charge in [-0.05, 0) is 55.8 Å². The molecule has 1 fully saturated rings. The highest BCUT2D eigenvalue weighted by Crippen LogP contribution is 2.36. The van der Waals surface area contributed by atoms with E-state index in [9.17, 15) is 18.7 Å². The molecule has 1 aliphatic heterocycles. The van der Waals surface area contributed by atoms with Crippen LogP contribution in [0.5, 0.6) is 5.88 Å². The van der Waals surface area contributed by atoms with E-state index in [1.54, 1.807) is 18.3 Å². The third-order valence-corrected chi connectivity index (χ3v) is 6.01. The third-order valence-electron chi connectivity index (χ3n) is 6.01. The van der Waals surface area contributed by atoms with Crippen molar-refractivity contribution < 1.29 is 18.7 Å². The van der Waals surface area contributed by atoms with Crippen molar-refractivity contribution in [3.05, 3.63) is 66.0 Å². The maximum absolute atomic E-state index is 14.4. The van der Waals surface area contributed by atoms with Gasteiger partial charge in [0, 0.05) is 18.4 Å². The van der Waals surface area contributed by atoms with Crippen LogP contribution < -0.4 is 16.0 Å². The summed E-state index contributed by atoms with van der Waals surface area (Å²) in [6.45, 7) is 1.80. The molecule has 1 saturated heterocycles. The van der Waals surface area contributed by atoms with Gasteiger partial charge in [0.1, 0.15) is 17.5 Å². The summed E-state index contributed by atoms with van der Waals surface area (Å²) in [6, 6.07) is 8.73. The number of rotatable bonds is 6. The van der Waals surface area contributed by atoms with Gasteiger partial charge in [0.05, 0.1) is 34.3 Å². The van der Waals surface area contributed by atoms with Gasteiger partial charge < -0.3 is 26.0 Å². The Hall–Kier alpha value is -4.05. The number of nitrogens with one attached hydrogen (secondary N) is 4. The van der Waals surface area contributed by atoms with Crippen molar-refractivity contribution in [3.63, 3.8) is 0 Å². The van der Waals surface area contributed by atoms with Gasteiger partial charge in [0.2, 0.25) is 5.91 Å². The van der Waals surface area contributed by atoms with Gasteiger partial charge in [-0.1, -0.05) is 12.1 Å². The summed E-state index contributed by atoms with van der Waals surface area (Å²) in [6.07, 6.45) is 5.09. The Morgan fingerprint density at radius 1 is 1.14 bits per heavy atom. The van der Waals surface area contributed by atoms with E-state index >= 15 is 0 Å². The van der Waals surface area contributed by atoms with Gasteiger partial charge in [-0.15, -0.1) is 0 Å². The Bertz CT molecular complexity index is 1350. The molecule has 1 aromatic carbocycles. The van der Waals surface area contributed by atoms with Crippen LogP contribution in [0.4, 0.5) is 20.3 Å². The molecule has 3 aromatic heterocycles. The third kappa shape index (κ3) is 4.92. The number of hydrogen-bond donors (Lipinski definition) is 5. The second kappa shape index (κ2) is 9.67. The normalized spacial score (nSPS) is 14.2. The molecule has 4 heterocycles. The van der Waals surface area contributed by atoms with Crippen LogP contribution in [-0.4, -0.2) is 45.1 Å². The second-order valence-electron chi connectivity index (χ2n) is 8.49. The van der Waals surface area contributed by atoms with Crippen LogP contribution in [0.2, 0.25) is 0 Å². The van der Waals surface area contributed by atoms with E-state index in [1.807, 2.05) is 0 Å². The Morgan fingerprint density at radius 2 is 1.91 bits per heavy atom. The summed E-state index contributed by atoms with van der Waals surface area (Å²) in [5.41, 5.74) is 1.26. The van der Waals surface area contributed by atoms with Crippen LogP contribution in [0.3, 0.4) is 0 Å². The standard InChI is InChI=1S/C25H24F2N6O2/c26-16-2-1-3-17(27)23(16)18-11-19(24-20(32-18)13-30-25(24)35)33-21-5-4-14(12-29-21)10-22(34)31-15-6-8-28-9-7-15/h1-5,11-13,15,28,30,35H,6-10H2,(H,29,33)(H,31,34). The largest absolute Gasteiger partial charge is 0.494 e. The zero-order valence-corrected chi connectivity index (χ0v) is 18.7. The highest BCUT2D eigenvalue weighted by molar-refractivity contribution is 5.99. The average Bonchev–Trinajstić information content (AvgIpc) is 3.22. The summed E-state index contributed by atoms with van der Waals surface area (Å²) >= 11 is 0. The van der Waals surface area contributed by atoms with Crippen molar-refractivity contribution in [1.29, 1.82) is 0 Å². The molecule has 8 nitrogen and oxygen atoms in total. The zero-order valence-electron chi connectivity index (χ0n) is 18.7. The minimum atomic E-state index is -0.743. The number of H-pyrrole nitrogens is 1. The number of anilines is 2. The van der Waals surface area contributed by atoms with Gasteiger partial charge in [-0.2, -0.15) is 0 Å². The minimum absolute atomic E-state index is 0.0518. The Morgan fingerprint density at radius 3 is 2.63 bits per heavy atom. The number of piperidine rings is 1. The fourth-order valence-corrected chi connectivity index (χ4v) is 4.27. The molecule has 1 aliphatic rings.